The summed E-state index contributed by atoms with van der Waals surface area (Å²) in [5.74, 6) is 1.60. The molecule has 17 heavy (non-hydrogen) atoms. The summed E-state index contributed by atoms with van der Waals surface area (Å²) >= 11 is 1.53. The second-order valence-electron chi connectivity index (χ2n) is 3.69. The predicted octanol–water partition coefficient (Wildman–Crippen LogP) is 3.32. The number of benzene rings is 1. The van der Waals surface area contributed by atoms with E-state index in [1.54, 1.807) is 7.11 Å². The third kappa shape index (κ3) is 2.60. The first-order chi connectivity index (χ1) is 8.24. The van der Waals surface area contributed by atoms with Crippen LogP contribution >= 0.6 is 11.3 Å². The lowest BCUT2D eigenvalue weighted by atomic mass is 10.2. The van der Waals surface area contributed by atoms with E-state index in [1.165, 1.54) is 11.3 Å². The quantitative estimate of drug-likeness (QED) is 0.904. The fourth-order valence-electron chi connectivity index (χ4n) is 1.53. The molecule has 4 heteroatoms. The van der Waals surface area contributed by atoms with Crippen molar-refractivity contribution >= 4 is 11.3 Å². The topological polar surface area (TPSA) is 44.5 Å². The van der Waals surface area contributed by atoms with Gasteiger partial charge in [0.05, 0.1) is 7.11 Å². The summed E-state index contributed by atoms with van der Waals surface area (Å²) in [6.45, 7) is 2.54. The van der Waals surface area contributed by atoms with Gasteiger partial charge in [-0.25, -0.2) is 0 Å². The van der Waals surface area contributed by atoms with Crippen LogP contribution in [-0.2, 0) is 6.54 Å². The summed E-state index contributed by atoms with van der Waals surface area (Å²) in [6.07, 6.45) is 0. The summed E-state index contributed by atoms with van der Waals surface area (Å²) in [6, 6.07) is 7.75. The summed E-state index contributed by atoms with van der Waals surface area (Å²) in [5.41, 5.74) is 7.72. The van der Waals surface area contributed by atoms with Crippen molar-refractivity contribution in [2.24, 2.45) is 5.73 Å². The van der Waals surface area contributed by atoms with Crippen LogP contribution in [0.25, 0.3) is 0 Å². The first kappa shape index (κ1) is 12.0. The van der Waals surface area contributed by atoms with Crippen LogP contribution in [0, 0.1) is 6.92 Å². The molecule has 2 rings (SSSR count). The van der Waals surface area contributed by atoms with Crippen molar-refractivity contribution in [1.82, 2.24) is 0 Å². The largest absolute Gasteiger partial charge is 0.492 e. The molecule has 0 spiro atoms. The Morgan fingerprint density at radius 3 is 2.53 bits per heavy atom. The number of thiophene rings is 1. The molecule has 1 aromatic heterocycles. The lowest BCUT2D eigenvalue weighted by Crippen LogP contribution is -1.95. The van der Waals surface area contributed by atoms with Gasteiger partial charge < -0.3 is 15.2 Å². The molecular weight excluding hydrogens is 234 g/mol. The molecule has 0 aliphatic carbocycles. The third-order valence-corrected chi connectivity index (χ3v) is 3.41. The lowest BCUT2D eigenvalue weighted by molar-refractivity contribution is 0.383. The fraction of sp³-hybridized carbons (Fsp3) is 0.231. The minimum absolute atomic E-state index is 0.543. The highest BCUT2D eigenvalue weighted by molar-refractivity contribution is 7.12. The first-order valence-corrected chi connectivity index (χ1v) is 6.21. The maximum Gasteiger partial charge on any atom is 0.223 e. The van der Waals surface area contributed by atoms with Crippen molar-refractivity contribution in [3.8, 4) is 16.6 Å². The number of hydrogen-bond donors (Lipinski definition) is 1. The van der Waals surface area contributed by atoms with Gasteiger partial charge in [0.1, 0.15) is 5.75 Å². The van der Waals surface area contributed by atoms with Crippen molar-refractivity contribution in [3.05, 3.63) is 40.8 Å². The van der Waals surface area contributed by atoms with Crippen molar-refractivity contribution in [3.63, 3.8) is 0 Å². The Hall–Kier alpha value is -1.52. The molecule has 0 bridgehead atoms. The molecule has 0 amide bonds. The normalized spacial score (nSPS) is 10.3. The summed E-state index contributed by atoms with van der Waals surface area (Å²) in [5, 5.41) is 2.80. The standard InChI is InChI=1S/C13H15NO2S/c1-9-8-17-13(12(9)15-2)16-11-5-3-10(7-14)4-6-11/h3-6,8H,7,14H2,1-2H3. The molecule has 3 nitrogen and oxygen atoms in total. The van der Waals surface area contributed by atoms with Crippen LogP contribution in [0.15, 0.2) is 29.6 Å². The van der Waals surface area contributed by atoms with Gasteiger partial charge in [0, 0.05) is 17.5 Å². The highest BCUT2D eigenvalue weighted by Gasteiger charge is 2.11. The Morgan fingerprint density at radius 1 is 1.24 bits per heavy atom. The zero-order valence-corrected chi connectivity index (χ0v) is 10.7. The van der Waals surface area contributed by atoms with Crippen molar-refractivity contribution in [1.29, 1.82) is 0 Å². The molecule has 0 aliphatic heterocycles. The second kappa shape index (κ2) is 5.21. The number of aryl methyl sites for hydroxylation is 1. The van der Waals surface area contributed by atoms with E-state index >= 15 is 0 Å². The zero-order chi connectivity index (χ0) is 12.3. The van der Waals surface area contributed by atoms with Gasteiger partial charge in [0.2, 0.25) is 5.06 Å². The zero-order valence-electron chi connectivity index (χ0n) is 9.90. The Bertz CT molecular complexity index is 491. The Kier molecular flexibility index (Phi) is 3.66. The molecule has 0 fully saturated rings. The number of nitrogens with two attached hydrogens (primary N) is 1. The van der Waals surface area contributed by atoms with E-state index < -0.39 is 0 Å². The minimum Gasteiger partial charge on any atom is -0.492 e. The van der Waals surface area contributed by atoms with Gasteiger partial charge in [-0.1, -0.05) is 12.1 Å². The molecule has 2 N–H and O–H groups in total. The Morgan fingerprint density at radius 2 is 1.94 bits per heavy atom. The van der Waals surface area contributed by atoms with E-state index in [0.717, 1.165) is 27.7 Å². The molecule has 90 valence electrons. The molecule has 1 heterocycles. The van der Waals surface area contributed by atoms with E-state index in [4.69, 9.17) is 15.2 Å². The first-order valence-electron chi connectivity index (χ1n) is 5.33. The van der Waals surface area contributed by atoms with Crippen LogP contribution in [0.1, 0.15) is 11.1 Å². The van der Waals surface area contributed by atoms with Crippen LogP contribution in [0.4, 0.5) is 0 Å². The molecule has 0 saturated heterocycles. The lowest BCUT2D eigenvalue weighted by Gasteiger charge is -2.06. The van der Waals surface area contributed by atoms with Crippen LogP contribution in [0.5, 0.6) is 16.6 Å². The van der Waals surface area contributed by atoms with Gasteiger partial charge in [0.25, 0.3) is 0 Å². The monoisotopic (exact) mass is 249 g/mol. The van der Waals surface area contributed by atoms with Crippen LogP contribution in [-0.4, -0.2) is 7.11 Å². The highest BCUT2D eigenvalue weighted by Crippen LogP contribution is 2.40. The molecule has 0 atom stereocenters. The molecular formula is C13H15NO2S. The molecule has 0 radical (unpaired) electrons. The maximum absolute atomic E-state index is 5.77. The van der Waals surface area contributed by atoms with E-state index in [-0.39, 0.29) is 0 Å². The van der Waals surface area contributed by atoms with Gasteiger partial charge in [-0.15, -0.1) is 11.3 Å². The fourth-order valence-corrected chi connectivity index (χ4v) is 2.41. The second-order valence-corrected chi connectivity index (χ2v) is 4.53. The van der Waals surface area contributed by atoms with E-state index in [9.17, 15) is 0 Å². The van der Waals surface area contributed by atoms with Gasteiger partial charge in [-0.3, -0.25) is 0 Å². The summed E-state index contributed by atoms with van der Waals surface area (Å²) in [7, 11) is 1.65. The predicted molar refractivity (Wildman–Crippen MR) is 70.0 cm³/mol. The number of hydrogen-bond acceptors (Lipinski definition) is 4. The van der Waals surface area contributed by atoms with Crippen LogP contribution < -0.4 is 15.2 Å². The third-order valence-electron chi connectivity index (χ3n) is 2.46. The van der Waals surface area contributed by atoms with Gasteiger partial charge in [0.15, 0.2) is 5.75 Å². The Labute approximate surface area is 105 Å². The highest BCUT2D eigenvalue weighted by atomic mass is 32.1. The molecule has 2 aromatic rings. The van der Waals surface area contributed by atoms with Gasteiger partial charge in [-0.05, 0) is 24.6 Å². The van der Waals surface area contributed by atoms with E-state index in [2.05, 4.69) is 0 Å². The van der Waals surface area contributed by atoms with Crippen LogP contribution in [0.3, 0.4) is 0 Å². The van der Waals surface area contributed by atoms with Gasteiger partial charge >= 0.3 is 0 Å². The van der Waals surface area contributed by atoms with Crippen LogP contribution in [0.2, 0.25) is 0 Å². The average Bonchev–Trinajstić information content (AvgIpc) is 2.71. The minimum atomic E-state index is 0.543. The number of ether oxygens (including phenoxy) is 2. The molecule has 0 aliphatic rings. The van der Waals surface area contributed by atoms with Crippen molar-refractivity contribution < 1.29 is 9.47 Å². The molecule has 0 unspecified atom stereocenters. The van der Waals surface area contributed by atoms with E-state index in [1.807, 2.05) is 36.6 Å². The number of rotatable bonds is 4. The summed E-state index contributed by atoms with van der Waals surface area (Å²) in [4.78, 5) is 0. The molecule has 0 saturated carbocycles. The average molecular weight is 249 g/mol. The van der Waals surface area contributed by atoms with Crippen molar-refractivity contribution in [2.75, 3.05) is 7.11 Å². The van der Waals surface area contributed by atoms with Gasteiger partial charge in [-0.2, -0.15) is 0 Å². The Balaban J connectivity index is 2.19. The molecule has 1 aromatic carbocycles. The maximum atomic E-state index is 5.77. The smallest absolute Gasteiger partial charge is 0.223 e. The van der Waals surface area contributed by atoms with Crippen molar-refractivity contribution in [2.45, 2.75) is 13.5 Å². The summed E-state index contributed by atoms with van der Waals surface area (Å²) < 4.78 is 11.1. The number of methoxy groups -OCH3 is 1. The van der Waals surface area contributed by atoms with E-state index in [0.29, 0.717) is 6.54 Å². The SMILES string of the molecule is COc1c(C)csc1Oc1ccc(CN)cc1.